The predicted molar refractivity (Wildman–Crippen MR) is 69.3 cm³/mol. The first-order valence-corrected chi connectivity index (χ1v) is 5.95. The van der Waals surface area contributed by atoms with Gasteiger partial charge in [0.15, 0.2) is 0 Å². The Kier molecular flexibility index (Phi) is 3.98. The number of rotatable bonds is 4. The minimum absolute atomic E-state index is 0.450. The molecule has 0 aliphatic heterocycles. The minimum Gasteiger partial charge on any atom is -0.497 e. The molecule has 2 aromatic rings. The van der Waals surface area contributed by atoms with Crippen molar-refractivity contribution in [1.29, 1.82) is 0 Å². The van der Waals surface area contributed by atoms with Gasteiger partial charge >= 0.3 is 0 Å². The van der Waals surface area contributed by atoms with Crippen LogP contribution in [0.4, 0.5) is 0 Å². The van der Waals surface area contributed by atoms with E-state index in [-0.39, 0.29) is 0 Å². The number of nitrogens with zero attached hydrogens (tertiary/aromatic N) is 1. The third kappa shape index (κ3) is 3.46. The van der Waals surface area contributed by atoms with E-state index in [4.69, 9.17) is 9.47 Å². The molecule has 0 bridgehead atoms. The smallest absolute Gasteiger partial charge is 0.130 e. The van der Waals surface area contributed by atoms with Gasteiger partial charge in [0, 0.05) is 0 Å². The van der Waals surface area contributed by atoms with Crippen molar-refractivity contribution in [1.82, 2.24) is 4.98 Å². The van der Waals surface area contributed by atoms with E-state index in [0.717, 1.165) is 21.8 Å². The van der Waals surface area contributed by atoms with Crippen molar-refractivity contribution in [3.8, 4) is 11.5 Å². The van der Waals surface area contributed by atoms with E-state index in [1.54, 1.807) is 7.11 Å². The number of hydrogen-bond acceptors (Lipinski definition) is 3. The molecule has 4 heteroatoms. The Labute approximate surface area is 109 Å². The molecular weight excluding hydrogens is 282 g/mol. The highest BCUT2D eigenvalue weighted by molar-refractivity contribution is 9.10. The third-order valence-electron chi connectivity index (χ3n) is 2.22. The monoisotopic (exact) mass is 293 g/mol. The molecule has 1 heterocycles. The Bertz CT molecular complexity index is 485. The lowest BCUT2D eigenvalue weighted by Crippen LogP contribution is -1.98. The Morgan fingerprint density at radius 1 is 1.06 bits per heavy atom. The van der Waals surface area contributed by atoms with Crippen LogP contribution in [0.1, 0.15) is 5.69 Å². The first-order valence-electron chi connectivity index (χ1n) is 5.16. The summed E-state index contributed by atoms with van der Waals surface area (Å²) in [6.07, 6.45) is 0. The summed E-state index contributed by atoms with van der Waals surface area (Å²) in [5.74, 6) is 1.62. The zero-order valence-corrected chi connectivity index (χ0v) is 11.0. The van der Waals surface area contributed by atoms with Crippen molar-refractivity contribution < 1.29 is 9.47 Å². The molecular formula is C13H12BrNO2. The summed E-state index contributed by atoms with van der Waals surface area (Å²) >= 11 is 3.32. The van der Waals surface area contributed by atoms with E-state index < -0.39 is 0 Å². The number of methoxy groups -OCH3 is 1. The lowest BCUT2D eigenvalue weighted by atomic mass is 10.3. The van der Waals surface area contributed by atoms with Crippen molar-refractivity contribution in [2.45, 2.75) is 6.61 Å². The number of ether oxygens (including phenoxy) is 2. The van der Waals surface area contributed by atoms with Gasteiger partial charge in [0.1, 0.15) is 22.7 Å². The minimum atomic E-state index is 0.450. The second-order valence-corrected chi connectivity index (χ2v) is 4.23. The lowest BCUT2D eigenvalue weighted by Gasteiger charge is -2.06. The van der Waals surface area contributed by atoms with Gasteiger partial charge in [-0.05, 0) is 52.3 Å². The summed E-state index contributed by atoms with van der Waals surface area (Å²) in [5, 5.41) is 0. The second kappa shape index (κ2) is 5.68. The van der Waals surface area contributed by atoms with Crippen LogP contribution in [0.15, 0.2) is 47.1 Å². The fourth-order valence-corrected chi connectivity index (χ4v) is 1.74. The number of pyridine rings is 1. The highest BCUT2D eigenvalue weighted by atomic mass is 79.9. The first-order chi connectivity index (χ1) is 8.28. The van der Waals surface area contributed by atoms with E-state index in [9.17, 15) is 0 Å². The molecule has 1 aromatic heterocycles. The molecule has 2 rings (SSSR count). The SMILES string of the molecule is COc1ccc(OCc2cccc(Br)n2)cc1. The van der Waals surface area contributed by atoms with Crippen LogP contribution in [0.25, 0.3) is 0 Å². The lowest BCUT2D eigenvalue weighted by molar-refractivity contribution is 0.300. The molecule has 88 valence electrons. The number of hydrogen-bond donors (Lipinski definition) is 0. The molecule has 17 heavy (non-hydrogen) atoms. The largest absolute Gasteiger partial charge is 0.497 e. The predicted octanol–water partition coefficient (Wildman–Crippen LogP) is 3.43. The average Bonchev–Trinajstić information content (AvgIpc) is 2.37. The van der Waals surface area contributed by atoms with Crippen LogP contribution >= 0.6 is 15.9 Å². The van der Waals surface area contributed by atoms with Crippen LogP contribution in [-0.2, 0) is 6.61 Å². The maximum atomic E-state index is 5.61. The Hall–Kier alpha value is -1.55. The van der Waals surface area contributed by atoms with E-state index in [1.165, 1.54) is 0 Å². The zero-order valence-electron chi connectivity index (χ0n) is 9.39. The standard InChI is InChI=1S/C13H12BrNO2/c1-16-11-5-7-12(8-6-11)17-9-10-3-2-4-13(14)15-10/h2-8H,9H2,1H3. The molecule has 0 saturated carbocycles. The molecule has 0 radical (unpaired) electrons. The summed E-state index contributed by atoms with van der Waals surface area (Å²) in [6.45, 7) is 0.450. The number of halogens is 1. The van der Waals surface area contributed by atoms with Crippen LogP contribution in [0.3, 0.4) is 0 Å². The summed E-state index contributed by atoms with van der Waals surface area (Å²) in [4.78, 5) is 4.29. The molecule has 0 N–H and O–H groups in total. The quantitative estimate of drug-likeness (QED) is 0.810. The summed E-state index contributed by atoms with van der Waals surface area (Å²) < 4.78 is 11.5. The fourth-order valence-electron chi connectivity index (χ4n) is 1.36. The Morgan fingerprint density at radius 3 is 2.41 bits per heavy atom. The molecule has 0 amide bonds. The number of aromatic nitrogens is 1. The first kappa shape index (κ1) is 11.9. The Balaban J connectivity index is 1.97. The van der Waals surface area contributed by atoms with Gasteiger partial charge in [-0.2, -0.15) is 0 Å². The van der Waals surface area contributed by atoms with Gasteiger partial charge in [0.2, 0.25) is 0 Å². The van der Waals surface area contributed by atoms with Crippen LogP contribution in [0.2, 0.25) is 0 Å². The van der Waals surface area contributed by atoms with Crippen LogP contribution in [-0.4, -0.2) is 12.1 Å². The van der Waals surface area contributed by atoms with Gasteiger partial charge in [-0.15, -0.1) is 0 Å². The highest BCUT2D eigenvalue weighted by Crippen LogP contribution is 2.18. The molecule has 0 unspecified atom stereocenters. The van der Waals surface area contributed by atoms with Crippen LogP contribution in [0.5, 0.6) is 11.5 Å². The highest BCUT2D eigenvalue weighted by Gasteiger charge is 1.98. The van der Waals surface area contributed by atoms with Gasteiger partial charge in [0.05, 0.1) is 12.8 Å². The molecule has 0 aliphatic rings. The molecule has 0 saturated heterocycles. The fraction of sp³-hybridized carbons (Fsp3) is 0.154. The maximum Gasteiger partial charge on any atom is 0.130 e. The summed E-state index contributed by atoms with van der Waals surface area (Å²) in [6, 6.07) is 13.2. The van der Waals surface area contributed by atoms with Crippen LogP contribution < -0.4 is 9.47 Å². The van der Waals surface area contributed by atoms with E-state index in [2.05, 4.69) is 20.9 Å². The Morgan fingerprint density at radius 2 is 1.76 bits per heavy atom. The molecule has 0 atom stereocenters. The third-order valence-corrected chi connectivity index (χ3v) is 2.66. The molecule has 0 spiro atoms. The molecule has 3 nitrogen and oxygen atoms in total. The topological polar surface area (TPSA) is 31.4 Å². The normalized spacial score (nSPS) is 10.0. The number of benzene rings is 1. The van der Waals surface area contributed by atoms with Gasteiger partial charge in [-0.1, -0.05) is 6.07 Å². The molecule has 1 aromatic carbocycles. The van der Waals surface area contributed by atoms with Gasteiger partial charge < -0.3 is 9.47 Å². The van der Waals surface area contributed by atoms with Crippen molar-refractivity contribution in [2.24, 2.45) is 0 Å². The van der Waals surface area contributed by atoms with E-state index >= 15 is 0 Å². The van der Waals surface area contributed by atoms with Crippen molar-refractivity contribution in [2.75, 3.05) is 7.11 Å². The second-order valence-electron chi connectivity index (χ2n) is 3.42. The van der Waals surface area contributed by atoms with Crippen LogP contribution in [0, 0.1) is 0 Å². The van der Waals surface area contributed by atoms with Crippen molar-refractivity contribution in [3.05, 3.63) is 52.8 Å². The zero-order chi connectivity index (χ0) is 12.1. The van der Waals surface area contributed by atoms with Gasteiger partial charge in [-0.25, -0.2) is 4.98 Å². The van der Waals surface area contributed by atoms with Crippen molar-refractivity contribution in [3.63, 3.8) is 0 Å². The van der Waals surface area contributed by atoms with Gasteiger partial charge in [0.25, 0.3) is 0 Å². The summed E-state index contributed by atoms with van der Waals surface area (Å²) in [5.41, 5.74) is 0.884. The average molecular weight is 294 g/mol. The van der Waals surface area contributed by atoms with Crippen molar-refractivity contribution >= 4 is 15.9 Å². The summed E-state index contributed by atoms with van der Waals surface area (Å²) in [7, 11) is 1.64. The maximum absolute atomic E-state index is 5.61. The molecule has 0 aliphatic carbocycles. The van der Waals surface area contributed by atoms with E-state index in [0.29, 0.717) is 6.61 Å². The molecule has 0 fully saturated rings. The van der Waals surface area contributed by atoms with E-state index in [1.807, 2.05) is 42.5 Å². The van der Waals surface area contributed by atoms with Gasteiger partial charge in [-0.3, -0.25) is 0 Å².